The number of nitrogens with zero attached hydrogens (tertiary/aromatic N) is 1. The minimum atomic E-state index is -1.82. The molecule has 1 heterocycles. The minimum Gasteiger partial charge on any atom is -0.473 e. The molecule has 1 aromatic carbocycles. The Kier molecular flexibility index (Phi) is 9.09. The third-order valence-corrected chi connectivity index (χ3v) is 4.26. The van der Waals surface area contributed by atoms with Crippen LogP contribution < -0.4 is 5.32 Å². The fraction of sp³-hybridized carbons (Fsp3) is 0.500. The summed E-state index contributed by atoms with van der Waals surface area (Å²) in [6.07, 6.45) is 1.81. The van der Waals surface area contributed by atoms with E-state index in [0.717, 1.165) is 31.5 Å². The largest absolute Gasteiger partial charge is 0.473 e. The number of amides is 1. The fourth-order valence-electron chi connectivity index (χ4n) is 3.01. The summed E-state index contributed by atoms with van der Waals surface area (Å²) in [5, 5.41) is 18.2. The Morgan fingerprint density at radius 1 is 1.12 bits per heavy atom. The zero-order valence-electron chi connectivity index (χ0n) is 14.9. The van der Waals surface area contributed by atoms with E-state index in [1.807, 2.05) is 18.2 Å². The molecule has 26 heavy (non-hydrogen) atoms. The zero-order valence-corrected chi connectivity index (χ0v) is 15.7. The van der Waals surface area contributed by atoms with Gasteiger partial charge in [-0.05, 0) is 30.4 Å². The summed E-state index contributed by atoms with van der Waals surface area (Å²) in [7, 11) is 0. The number of para-hydroxylation sites is 1. The molecule has 0 aromatic heterocycles. The molecule has 8 heteroatoms. The standard InChI is InChI=1S/C16H23ClN2O.C2H2O4/c1-12-9-13(2)11-19(10-12)8-7-16(20)18-15-6-4-3-5-14(15)17;3-1(4)2(5)6/h3-6,12-13H,7-11H2,1-2H3,(H,18,20);(H,3,4)(H,5,6). The molecule has 2 atom stereocenters. The number of aliphatic carboxylic acids is 2. The summed E-state index contributed by atoms with van der Waals surface area (Å²) in [5.41, 5.74) is 0.694. The molecule has 1 saturated heterocycles. The normalized spacial score (nSPS) is 19.8. The first-order valence-corrected chi connectivity index (χ1v) is 8.79. The van der Waals surface area contributed by atoms with Gasteiger partial charge < -0.3 is 20.4 Å². The van der Waals surface area contributed by atoms with Gasteiger partial charge in [-0.25, -0.2) is 9.59 Å². The summed E-state index contributed by atoms with van der Waals surface area (Å²) >= 11 is 6.03. The van der Waals surface area contributed by atoms with Crippen molar-refractivity contribution in [1.82, 2.24) is 4.90 Å². The number of anilines is 1. The Morgan fingerprint density at radius 2 is 1.65 bits per heavy atom. The first-order chi connectivity index (χ1) is 12.2. The van der Waals surface area contributed by atoms with Gasteiger partial charge in [0.15, 0.2) is 0 Å². The van der Waals surface area contributed by atoms with Gasteiger partial charge in [-0.15, -0.1) is 0 Å². The van der Waals surface area contributed by atoms with Gasteiger partial charge in [0, 0.05) is 26.1 Å². The second-order valence-corrected chi connectivity index (χ2v) is 7.00. The predicted octanol–water partition coefficient (Wildman–Crippen LogP) is 2.80. The van der Waals surface area contributed by atoms with Crippen molar-refractivity contribution in [1.29, 1.82) is 0 Å². The summed E-state index contributed by atoms with van der Waals surface area (Å²) in [5.74, 6) is -2.16. The van der Waals surface area contributed by atoms with E-state index in [4.69, 9.17) is 31.4 Å². The molecule has 7 nitrogen and oxygen atoms in total. The van der Waals surface area contributed by atoms with Gasteiger partial charge in [-0.1, -0.05) is 37.6 Å². The average Bonchev–Trinajstić information content (AvgIpc) is 2.55. The fourth-order valence-corrected chi connectivity index (χ4v) is 3.19. The lowest BCUT2D eigenvalue weighted by molar-refractivity contribution is -0.159. The number of carboxylic acid groups (broad SMARTS) is 2. The third-order valence-electron chi connectivity index (χ3n) is 3.93. The van der Waals surface area contributed by atoms with Gasteiger partial charge in [0.05, 0.1) is 10.7 Å². The lowest BCUT2D eigenvalue weighted by Gasteiger charge is -2.34. The highest BCUT2D eigenvalue weighted by Crippen LogP contribution is 2.22. The Balaban J connectivity index is 0.000000487. The molecule has 1 fully saturated rings. The van der Waals surface area contributed by atoms with E-state index in [-0.39, 0.29) is 5.91 Å². The van der Waals surface area contributed by atoms with Crippen molar-refractivity contribution in [2.45, 2.75) is 26.7 Å². The molecule has 1 aliphatic rings. The van der Waals surface area contributed by atoms with Gasteiger partial charge in [-0.2, -0.15) is 0 Å². The van der Waals surface area contributed by atoms with Crippen molar-refractivity contribution in [3.05, 3.63) is 29.3 Å². The molecule has 144 valence electrons. The van der Waals surface area contributed by atoms with E-state index in [2.05, 4.69) is 24.1 Å². The first-order valence-electron chi connectivity index (χ1n) is 8.42. The molecular formula is C18H25ClN2O5. The van der Waals surface area contributed by atoms with Crippen molar-refractivity contribution >= 4 is 35.1 Å². The maximum atomic E-state index is 12.0. The highest BCUT2D eigenvalue weighted by atomic mass is 35.5. The summed E-state index contributed by atoms with van der Waals surface area (Å²) in [6, 6.07) is 7.33. The molecule has 1 amide bonds. The topological polar surface area (TPSA) is 107 Å². The highest BCUT2D eigenvalue weighted by molar-refractivity contribution is 6.33. The zero-order chi connectivity index (χ0) is 19.7. The number of hydrogen-bond donors (Lipinski definition) is 3. The molecule has 2 unspecified atom stereocenters. The molecule has 0 saturated carbocycles. The van der Waals surface area contributed by atoms with Crippen LogP contribution in [-0.2, 0) is 14.4 Å². The summed E-state index contributed by atoms with van der Waals surface area (Å²) < 4.78 is 0. The summed E-state index contributed by atoms with van der Waals surface area (Å²) in [6.45, 7) is 7.59. The van der Waals surface area contributed by atoms with Gasteiger partial charge >= 0.3 is 11.9 Å². The van der Waals surface area contributed by atoms with Crippen LogP contribution in [0.4, 0.5) is 5.69 Å². The number of benzene rings is 1. The molecule has 3 N–H and O–H groups in total. The number of likely N-dealkylation sites (tertiary alicyclic amines) is 1. The Hall–Kier alpha value is -2.12. The minimum absolute atomic E-state index is 0.0315. The van der Waals surface area contributed by atoms with Crippen LogP contribution in [0.5, 0.6) is 0 Å². The molecule has 0 radical (unpaired) electrons. The second kappa shape index (κ2) is 10.8. The van der Waals surface area contributed by atoms with E-state index in [1.165, 1.54) is 6.42 Å². The molecule has 0 bridgehead atoms. The summed E-state index contributed by atoms with van der Waals surface area (Å²) in [4.78, 5) is 32.6. The quantitative estimate of drug-likeness (QED) is 0.689. The Morgan fingerprint density at radius 3 is 2.15 bits per heavy atom. The van der Waals surface area contributed by atoms with Crippen molar-refractivity contribution in [3.63, 3.8) is 0 Å². The maximum absolute atomic E-state index is 12.0. The van der Waals surface area contributed by atoms with Crippen LogP contribution in [0.1, 0.15) is 26.7 Å². The van der Waals surface area contributed by atoms with E-state index >= 15 is 0 Å². The van der Waals surface area contributed by atoms with Crippen LogP contribution >= 0.6 is 11.6 Å². The lowest BCUT2D eigenvalue weighted by Crippen LogP contribution is -2.40. The van der Waals surface area contributed by atoms with Crippen LogP contribution in [0, 0.1) is 11.8 Å². The first kappa shape index (κ1) is 21.9. The number of halogens is 1. The lowest BCUT2D eigenvalue weighted by atomic mass is 9.92. The van der Waals surface area contributed by atoms with E-state index in [1.54, 1.807) is 6.07 Å². The molecule has 0 aliphatic carbocycles. The molecule has 0 spiro atoms. The Labute approximate surface area is 157 Å². The number of carbonyl (C=O) groups excluding carboxylic acids is 1. The number of rotatable bonds is 4. The predicted molar refractivity (Wildman–Crippen MR) is 99.4 cm³/mol. The number of nitrogens with one attached hydrogen (secondary N) is 1. The maximum Gasteiger partial charge on any atom is 0.414 e. The highest BCUT2D eigenvalue weighted by Gasteiger charge is 2.21. The van der Waals surface area contributed by atoms with Crippen molar-refractivity contribution in [2.75, 3.05) is 25.0 Å². The second-order valence-electron chi connectivity index (χ2n) is 6.59. The monoisotopic (exact) mass is 384 g/mol. The van der Waals surface area contributed by atoms with Gasteiger partial charge in [0.1, 0.15) is 0 Å². The van der Waals surface area contributed by atoms with E-state index in [0.29, 0.717) is 17.1 Å². The smallest absolute Gasteiger partial charge is 0.414 e. The van der Waals surface area contributed by atoms with Crippen molar-refractivity contribution in [2.24, 2.45) is 11.8 Å². The number of carboxylic acids is 2. The number of carbonyl (C=O) groups is 3. The molecule has 2 rings (SSSR count). The van der Waals surface area contributed by atoms with Crippen LogP contribution in [-0.4, -0.2) is 52.6 Å². The SMILES string of the molecule is CC1CC(C)CN(CCC(=O)Nc2ccccc2Cl)C1.O=C(O)C(=O)O. The van der Waals surface area contributed by atoms with Crippen molar-refractivity contribution in [3.8, 4) is 0 Å². The molecular weight excluding hydrogens is 360 g/mol. The van der Waals surface area contributed by atoms with Crippen LogP contribution in [0.25, 0.3) is 0 Å². The average molecular weight is 385 g/mol. The molecule has 1 aromatic rings. The number of piperidine rings is 1. The number of hydrogen-bond acceptors (Lipinski definition) is 4. The Bertz CT molecular complexity index is 616. The van der Waals surface area contributed by atoms with Gasteiger partial charge in [0.2, 0.25) is 5.91 Å². The molecule has 1 aliphatic heterocycles. The van der Waals surface area contributed by atoms with Crippen LogP contribution in [0.15, 0.2) is 24.3 Å². The van der Waals surface area contributed by atoms with Crippen LogP contribution in [0.3, 0.4) is 0 Å². The third kappa shape index (κ3) is 8.31. The van der Waals surface area contributed by atoms with Crippen molar-refractivity contribution < 1.29 is 24.6 Å². The van der Waals surface area contributed by atoms with E-state index < -0.39 is 11.9 Å². The van der Waals surface area contributed by atoms with Gasteiger partial charge in [-0.3, -0.25) is 4.79 Å². The van der Waals surface area contributed by atoms with Crippen LogP contribution in [0.2, 0.25) is 5.02 Å². The van der Waals surface area contributed by atoms with Gasteiger partial charge in [0.25, 0.3) is 0 Å². The van der Waals surface area contributed by atoms with E-state index in [9.17, 15) is 4.79 Å².